The van der Waals surface area contributed by atoms with E-state index in [1.165, 1.54) is 27.7 Å². The van der Waals surface area contributed by atoms with E-state index >= 15 is 0 Å². The predicted molar refractivity (Wildman–Crippen MR) is 95.6 cm³/mol. The van der Waals surface area contributed by atoms with Crippen LogP contribution < -0.4 is 5.32 Å². The summed E-state index contributed by atoms with van der Waals surface area (Å²) in [5.41, 5.74) is -7.30. The van der Waals surface area contributed by atoms with E-state index < -0.39 is 49.9 Å². The van der Waals surface area contributed by atoms with Gasteiger partial charge in [-0.25, -0.2) is 18.0 Å². The average molecular weight is 441 g/mol. The van der Waals surface area contributed by atoms with Gasteiger partial charge in [0.2, 0.25) is 0 Å². The van der Waals surface area contributed by atoms with Crippen molar-refractivity contribution in [1.29, 1.82) is 0 Å². The van der Waals surface area contributed by atoms with Crippen LogP contribution in [0.3, 0.4) is 0 Å². The molecule has 1 aromatic rings. The van der Waals surface area contributed by atoms with Crippen LogP contribution in [0.5, 0.6) is 5.75 Å². The number of carbonyl (C=O) groups excluding carboxylic acids is 2. The summed E-state index contributed by atoms with van der Waals surface area (Å²) in [4.78, 5) is 24.4. The van der Waals surface area contributed by atoms with E-state index in [0.717, 1.165) is 24.3 Å². The maximum atomic E-state index is 13.3. The zero-order valence-electron chi connectivity index (χ0n) is 16.1. The third-order valence-electron chi connectivity index (χ3n) is 3.39. The number of benzene rings is 1. The number of rotatable bonds is 6. The molecule has 1 aromatic carbocycles. The van der Waals surface area contributed by atoms with Crippen LogP contribution in [0.15, 0.2) is 24.3 Å². The smallest absolute Gasteiger partial charge is 0.498 e. The molecule has 0 aliphatic heterocycles. The van der Waals surface area contributed by atoms with Gasteiger partial charge in [0, 0.05) is 0 Å². The van der Waals surface area contributed by atoms with Crippen molar-refractivity contribution in [1.82, 2.24) is 5.32 Å². The minimum atomic E-state index is -6.01. The molecule has 164 valence electrons. The molecule has 1 unspecified atom stereocenters. The quantitative estimate of drug-likeness (QED) is 0.652. The molecule has 1 rings (SSSR count). The van der Waals surface area contributed by atoms with Crippen molar-refractivity contribution in [3.8, 4) is 5.75 Å². The number of phenols is 1. The van der Waals surface area contributed by atoms with Gasteiger partial charge in [-0.15, -0.1) is 0 Å². The highest BCUT2D eigenvalue weighted by molar-refractivity contribution is 7.92. The molecule has 0 heterocycles. The Kier molecular flexibility index (Phi) is 7.52. The van der Waals surface area contributed by atoms with Gasteiger partial charge < -0.3 is 19.9 Å². The molecular weight excluding hydrogens is 419 g/mol. The number of hydrogen-bond donors (Lipinski definition) is 2. The highest BCUT2D eigenvalue weighted by Crippen LogP contribution is 2.38. The Morgan fingerprint density at radius 1 is 1.14 bits per heavy atom. The zero-order valence-corrected chi connectivity index (χ0v) is 16.9. The second kappa shape index (κ2) is 8.89. The van der Waals surface area contributed by atoms with Gasteiger partial charge in [-0.05, 0) is 45.4 Å². The summed E-state index contributed by atoms with van der Waals surface area (Å²) >= 11 is 0. The summed E-state index contributed by atoms with van der Waals surface area (Å²) in [7, 11) is -6.01. The number of carbonyl (C=O) groups is 2. The van der Waals surface area contributed by atoms with Gasteiger partial charge in [-0.2, -0.15) is 13.2 Å². The molecule has 12 heteroatoms. The standard InChI is InChI=1S/C17H22F3NO7S/c1-5-27-14(23)12(21-15(24)28-16(2,3)4)13(29(25,26)17(18,19)20)10-6-8-11(22)9-7-10/h6-9,12-13,22H,5H2,1-4H3,(H,21,24)/t12-,13?/m0/s1. The summed E-state index contributed by atoms with van der Waals surface area (Å²) in [6.07, 6.45) is -1.31. The largest absolute Gasteiger partial charge is 0.508 e. The lowest BCUT2D eigenvalue weighted by Gasteiger charge is -2.28. The van der Waals surface area contributed by atoms with Crippen molar-refractivity contribution in [2.24, 2.45) is 0 Å². The number of alkyl carbamates (subject to hydrolysis) is 1. The Morgan fingerprint density at radius 2 is 1.66 bits per heavy atom. The van der Waals surface area contributed by atoms with Crippen LogP contribution >= 0.6 is 0 Å². The number of ether oxygens (including phenoxy) is 2. The maximum Gasteiger partial charge on any atom is 0.498 e. The van der Waals surface area contributed by atoms with Gasteiger partial charge in [0.15, 0.2) is 6.04 Å². The van der Waals surface area contributed by atoms with Gasteiger partial charge in [-0.3, -0.25) is 0 Å². The molecule has 0 fully saturated rings. The van der Waals surface area contributed by atoms with Gasteiger partial charge >= 0.3 is 17.6 Å². The van der Waals surface area contributed by atoms with E-state index in [1.54, 1.807) is 0 Å². The number of alkyl halides is 3. The van der Waals surface area contributed by atoms with E-state index in [0.29, 0.717) is 0 Å². The molecule has 0 spiro atoms. The second-order valence-corrected chi connectivity index (χ2v) is 8.94. The lowest BCUT2D eigenvalue weighted by molar-refractivity contribution is -0.145. The first kappa shape index (κ1) is 24.5. The van der Waals surface area contributed by atoms with E-state index in [-0.39, 0.29) is 12.4 Å². The molecule has 0 saturated carbocycles. The Balaban J connectivity index is 3.56. The summed E-state index contributed by atoms with van der Waals surface area (Å²) in [5.74, 6) is -1.74. The van der Waals surface area contributed by atoms with E-state index in [9.17, 15) is 36.3 Å². The normalized spacial score (nSPS) is 14.6. The minimum absolute atomic E-state index is 0.278. The molecule has 1 amide bonds. The molecule has 0 bridgehead atoms. The van der Waals surface area contributed by atoms with Crippen LogP contribution in [0.4, 0.5) is 18.0 Å². The fraction of sp³-hybridized carbons (Fsp3) is 0.529. The van der Waals surface area contributed by atoms with Crippen molar-refractivity contribution in [3.63, 3.8) is 0 Å². The van der Waals surface area contributed by atoms with Crippen LogP contribution in [0.25, 0.3) is 0 Å². The van der Waals surface area contributed by atoms with Crippen molar-refractivity contribution in [2.45, 2.75) is 50.1 Å². The summed E-state index contributed by atoms with van der Waals surface area (Å²) in [5, 5.41) is 8.65. The van der Waals surface area contributed by atoms with Crippen molar-refractivity contribution in [3.05, 3.63) is 29.8 Å². The third-order valence-corrected chi connectivity index (χ3v) is 5.25. The number of hydrogen-bond acceptors (Lipinski definition) is 7. The van der Waals surface area contributed by atoms with Crippen LogP contribution in [0.2, 0.25) is 0 Å². The topological polar surface area (TPSA) is 119 Å². The molecule has 0 aliphatic carbocycles. The fourth-order valence-corrected chi connectivity index (χ4v) is 3.62. The average Bonchev–Trinajstić information content (AvgIpc) is 2.53. The van der Waals surface area contributed by atoms with Gasteiger partial charge in [-0.1, -0.05) is 12.1 Å². The Morgan fingerprint density at radius 3 is 2.07 bits per heavy atom. The molecule has 0 aromatic heterocycles. The molecule has 29 heavy (non-hydrogen) atoms. The third kappa shape index (κ3) is 6.51. The zero-order chi connectivity index (χ0) is 22.6. The lowest BCUT2D eigenvalue weighted by atomic mass is 10.1. The summed E-state index contributed by atoms with van der Waals surface area (Å²) in [6.45, 7) is 5.48. The second-order valence-electron chi connectivity index (χ2n) is 6.88. The van der Waals surface area contributed by atoms with E-state index in [1.807, 2.05) is 5.32 Å². The SMILES string of the molecule is CCOC(=O)[C@@H](NC(=O)OC(C)(C)C)C(c1ccc(O)cc1)S(=O)(=O)C(F)(F)F. The van der Waals surface area contributed by atoms with E-state index in [4.69, 9.17) is 4.74 Å². The maximum absolute atomic E-state index is 13.3. The number of phenolic OH excluding ortho intramolecular Hbond substituents is 1. The first-order valence-corrected chi connectivity index (χ1v) is 9.90. The molecule has 8 nitrogen and oxygen atoms in total. The molecular formula is C17H22F3NO7S. The van der Waals surface area contributed by atoms with Gasteiger partial charge in [0.1, 0.15) is 16.6 Å². The molecule has 0 aliphatic rings. The van der Waals surface area contributed by atoms with Gasteiger partial charge in [0.25, 0.3) is 9.84 Å². The van der Waals surface area contributed by atoms with Crippen molar-refractivity contribution >= 4 is 21.9 Å². The molecule has 0 radical (unpaired) electrons. The molecule has 2 N–H and O–H groups in total. The number of esters is 1. The Labute approximate surface area is 165 Å². The lowest BCUT2D eigenvalue weighted by Crippen LogP contribution is -2.51. The predicted octanol–water partition coefficient (Wildman–Crippen LogP) is 2.82. The number of nitrogens with one attached hydrogen (secondary N) is 1. The first-order valence-electron chi connectivity index (χ1n) is 8.35. The summed E-state index contributed by atoms with van der Waals surface area (Å²) in [6, 6.07) is 1.42. The number of aromatic hydroxyl groups is 1. The minimum Gasteiger partial charge on any atom is -0.508 e. The van der Waals surface area contributed by atoms with Crippen LogP contribution in [-0.4, -0.2) is 49.3 Å². The van der Waals surface area contributed by atoms with Crippen LogP contribution in [0, 0.1) is 0 Å². The number of amides is 1. The van der Waals surface area contributed by atoms with Crippen LogP contribution in [-0.2, 0) is 24.1 Å². The fourth-order valence-electron chi connectivity index (χ4n) is 2.28. The Bertz CT molecular complexity index is 830. The number of halogens is 3. The summed E-state index contributed by atoms with van der Waals surface area (Å²) < 4.78 is 74.1. The number of sulfone groups is 1. The highest BCUT2D eigenvalue weighted by atomic mass is 32.2. The van der Waals surface area contributed by atoms with Gasteiger partial charge in [0.05, 0.1) is 6.61 Å². The van der Waals surface area contributed by atoms with Crippen molar-refractivity contribution in [2.75, 3.05) is 6.61 Å². The Hall–Kier alpha value is -2.50. The molecule has 0 saturated heterocycles. The monoisotopic (exact) mass is 441 g/mol. The van der Waals surface area contributed by atoms with E-state index in [2.05, 4.69) is 4.74 Å². The highest BCUT2D eigenvalue weighted by Gasteiger charge is 2.56. The van der Waals surface area contributed by atoms with Crippen molar-refractivity contribution < 1.29 is 45.8 Å². The molecule has 2 atom stereocenters. The first-order chi connectivity index (χ1) is 13.1. The van der Waals surface area contributed by atoms with Crippen LogP contribution in [0.1, 0.15) is 38.5 Å².